The maximum absolute atomic E-state index is 12.6. The summed E-state index contributed by atoms with van der Waals surface area (Å²) >= 11 is 1.41. The summed E-state index contributed by atoms with van der Waals surface area (Å²) in [4.78, 5) is 12.6. The third kappa shape index (κ3) is 4.61. The molecule has 1 aromatic carbocycles. The third-order valence-electron chi connectivity index (χ3n) is 3.85. The molecule has 0 radical (unpaired) electrons. The molecule has 2 aromatic rings. The first-order valence-electron chi connectivity index (χ1n) is 7.86. The molecule has 0 aliphatic heterocycles. The van der Waals surface area contributed by atoms with E-state index in [1.165, 1.54) is 23.9 Å². The van der Waals surface area contributed by atoms with Crippen LogP contribution in [-0.2, 0) is 0 Å². The van der Waals surface area contributed by atoms with Crippen LogP contribution in [0.2, 0.25) is 0 Å². The normalized spacial score (nSPS) is 12.4. The van der Waals surface area contributed by atoms with E-state index in [4.69, 9.17) is 5.11 Å². The van der Waals surface area contributed by atoms with Gasteiger partial charge in [-0.25, -0.2) is 0 Å². The minimum Gasteiger partial charge on any atom is -0.435 e. The molecule has 1 heterocycles. The molecule has 0 amide bonds. The largest absolute Gasteiger partial charge is 0.435 e. The lowest BCUT2D eigenvalue weighted by Crippen LogP contribution is -2.15. The second kappa shape index (κ2) is 8.49. The lowest BCUT2D eigenvalue weighted by Gasteiger charge is -2.12. The number of carbonyl (C=O) groups is 1. The van der Waals surface area contributed by atoms with Gasteiger partial charge in [0.15, 0.2) is 5.78 Å². The van der Waals surface area contributed by atoms with Crippen molar-refractivity contribution in [2.75, 3.05) is 12.4 Å². The average Bonchev–Trinajstić information content (AvgIpc) is 2.87. The minimum absolute atomic E-state index is 0.00968. The second-order valence-electron chi connectivity index (χ2n) is 5.59. The predicted molar refractivity (Wildman–Crippen MR) is 95.2 cm³/mol. The fourth-order valence-electron chi connectivity index (χ4n) is 2.71. The van der Waals surface area contributed by atoms with Gasteiger partial charge in [0.05, 0.1) is 11.9 Å². The van der Waals surface area contributed by atoms with Crippen molar-refractivity contribution < 1.29 is 23.4 Å². The number of thioether (sulfide) groups is 1. The molecular weight excluding hydrogens is 348 g/mol. The summed E-state index contributed by atoms with van der Waals surface area (Å²) in [6, 6.07) is 8.13. The number of aromatic nitrogens is 1. The molecule has 0 bridgehead atoms. The molecule has 0 fully saturated rings. The fourth-order valence-corrected chi connectivity index (χ4v) is 3.45. The summed E-state index contributed by atoms with van der Waals surface area (Å²) in [6.45, 7) is 2.74. The molecule has 0 saturated heterocycles. The molecule has 25 heavy (non-hydrogen) atoms. The molecule has 2 rings (SSSR count). The Labute approximate surface area is 149 Å². The first kappa shape index (κ1) is 19.5. The number of hydrogen-bond acceptors (Lipinski definition) is 4. The van der Waals surface area contributed by atoms with Crippen molar-refractivity contribution in [3.8, 4) is 11.4 Å². The predicted octanol–water partition coefficient (Wildman–Crippen LogP) is 3.99. The van der Waals surface area contributed by atoms with Crippen molar-refractivity contribution >= 4 is 17.5 Å². The number of carbonyl (C=O) groups excluding carboxylic acids is 1. The molecule has 0 aliphatic rings. The van der Waals surface area contributed by atoms with Gasteiger partial charge >= 0.3 is 6.61 Å². The fraction of sp³-hybridized carbons (Fsp3) is 0.389. The number of rotatable bonds is 8. The standard InChI is InChI=1S/C18H21F2NO3S/c1-11-10-16(17(23)13(3)25-9-8-22)12(2)21(11)14-4-6-15(7-5-14)24-18(19)20/h4-7,10,13,18,22H,8-9H2,1-3H3/t13-/m1/s1. The molecule has 1 atom stereocenters. The van der Waals surface area contributed by atoms with Crippen LogP contribution in [0.4, 0.5) is 8.78 Å². The Morgan fingerprint density at radius 3 is 2.48 bits per heavy atom. The van der Waals surface area contributed by atoms with Crippen LogP contribution in [0.5, 0.6) is 5.75 Å². The van der Waals surface area contributed by atoms with Gasteiger partial charge in [-0.1, -0.05) is 0 Å². The van der Waals surface area contributed by atoms with Crippen molar-refractivity contribution in [3.63, 3.8) is 0 Å². The van der Waals surface area contributed by atoms with Crippen molar-refractivity contribution in [2.45, 2.75) is 32.6 Å². The zero-order valence-electron chi connectivity index (χ0n) is 14.3. The molecule has 136 valence electrons. The summed E-state index contributed by atoms with van der Waals surface area (Å²) in [5.41, 5.74) is 3.07. The second-order valence-corrected chi connectivity index (χ2v) is 7.04. The molecule has 1 N–H and O–H groups in total. The highest BCUT2D eigenvalue weighted by molar-refractivity contribution is 8.00. The number of halogens is 2. The number of aryl methyl sites for hydroxylation is 1. The monoisotopic (exact) mass is 369 g/mol. The molecule has 1 aromatic heterocycles. The quantitative estimate of drug-likeness (QED) is 0.715. The number of ketones is 1. The molecule has 7 heteroatoms. The number of ether oxygens (including phenoxy) is 1. The van der Waals surface area contributed by atoms with E-state index in [2.05, 4.69) is 4.74 Å². The zero-order chi connectivity index (χ0) is 18.6. The van der Waals surface area contributed by atoms with Gasteiger partial charge in [0, 0.05) is 28.4 Å². The van der Waals surface area contributed by atoms with Gasteiger partial charge in [0.1, 0.15) is 5.75 Å². The van der Waals surface area contributed by atoms with Crippen molar-refractivity contribution in [2.24, 2.45) is 0 Å². The first-order valence-corrected chi connectivity index (χ1v) is 8.91. The number of aliphatic hydroxyl groups is 1. The van der Waals surface area contributed by atoms with E-state index in [1.54, 1.807) is 12.1 Å². The van der Waals surface area contributed by atoms with Gasteiger partial charge < -0.3 is 14.4 Å². The number of nitrogens with zero attached hydrogens (tertiary/aromatic N) is 1. The number of aliphatic hydroxyl groups excluding tert-OH is 1. The van der Waals surface area contributed by atoms with E-state index in [0.29, 0.717) is 11.3 Å². The molecule has 4 nitrogen and oxygen atoms in total. The van der Waals surface area contributed by atoms with E-state index in [-0.39, 0.29) is 23.4 Å². The van der Waals surface area contributed by atoms with Crippen LogP contribution in [-0.4, -0.2) is 39.7 Å². The minimum atomic E-state index is -2.86. The first-order chi connectivity index (χ1) is 11.8. The number of alkyl halides is 2. The highest BCUT2D eigenvalue weighted by Gasteiger charge is 2.21. The van der Waals surface area contributed by atoms with Crippen LogP contribution in [0.1, 0.15) is 28.7 Å². The SMILES string of the molecule is Cc1cc(C(=O)[C@@H](C)SCCO)c(C)n1-c1ccc(OC(F)F)cc1. The number of Topliss-reactive ketones (excluding diaryl/α,β-unsaturated/α-hetero) is 1. The Balaban J connectivity index is 2.28. The maximum Gasteiger partial charge on any atom is 0.387 e. The number of hydrogen-bond donors (Lipinski definition) is 1. The Morgan fingerprint density at radius 1 is 1.28 bits per heavy atom. The van der Waals surface area contributed by atoms with E-state index in [1.807, 2.05) is 31.4 Å². The van der Waals surface area contributed by atoms with Gasteiger partial charge in [0.2, 0.25) is 0 Å². The van der Waals surface area contributed by atoms with Crippen LogP contribution in [0.3, 0.4) is 0 Å². The van der Waals surface area contributed by atoms with Crippen LogP contribution < -0.4 is 4.74 Å². The molecule has 0 spiro atoms. The van der Waals surface area contributed by atoms with Crippen molar-refractivity contribution in [3.05, 3.63) is 47.3 Å². The Bertz CT molecular complexity index is 729. The Hall–Kier alpha value is -1.86. The summed E-state index contributed by atoms with van der Waals surface area (Å²) in [7, 11) is 0. The van der Waals surface area contributed by atoms with Gasteiger partial charge in [0.25, 0.3) is 0 Å². The van der Waals surface area contributed by atoms with Gasteiger partial charge in [-0.2, -0.15) is 8.78 Å². The Kier molecular flexibility index (Phi) is 6.61. The number of benzene rings is 1. The van der Waals surface area contributed by atoms with Gasteiger partial charge in [-0.15, -0.1) is 11.8 Å². The molecular formula is C18H21F2NO3S. The van der Waals surface area contributed by atoms with Crippen molar-refractivity contribution in [1.82, 2.24) is 4.57 Å². The maximum atomic E-state index is 12.6. The van der Waals surface area contributed by atoms with Gasteiger partial charge in [-0.05, 0) is 51.1 Å². The van der Waals surface area contributed by atoms with Crippen LogP contribution in [0, 0.1) is 13.8 Å². The third-order valence-corrected chi connectivity index (χ3v) is 4.98. The van der Waals surface area contributed by atoms with E-state index < -0.39 is 6.61 Å². The molecule has 0 unspecified atom stereocenters. The van der Waals surface area contributed by atoms with E-state index in [9.17, 15) is 13.6 Å². The summed E-state index contributed by atoms with van der Waals surface area (Å²) in [5.74, 6) is 0.610. The van der Waals surface area contributed by atoms with Crippen LogP contribution >= 0.6 is 11.8 Å². The average molecular weight is 369 g/mol. The molecule has 0 saturated carbocycles. The smallest absolute Gasteiger partial charge is 0.387 e. The van der Waals surface area contributed by atoms with Crippen LogP contribution in [0.15, 0.2) is 30.3 Å². The highest BCUT2D eigenvalue weighted by atomic mass is 32.2. The Morgan fingerprint density at radius 2 is 1.92 bits per heavy atom. The highest BCUT2D eigenvalue weighted by Crippen LogP contribution is 2.26. The zero-order valence-corrected chi connectivity index (χ0v) is 15.1. The van der Waals surface area contributed by atoms with Gasteiger partial charge in [-0.3, -0.25) is 4.79 Å². The summed E-state index contributed by atoms with van der Waals surface area (Å²) in [6.07, 6.45) is 0. The lowest BCUT2D eigenvalue weighted by molar-refractivity contribution is -0.0498. The van der Waals surface area contributed by atoms with Crippen LogP contribution in [0.25, 0.3) is 5.69 Å². The summed E-state index contributed by atoms with van der Waals surface area (Å²) < 4.78 is 30.8. The van der Waals surface area contributed by atoms with Crippen molar-refractivity contribution in [1.29, 1.82) is 0 Å². The lowest BCUT2D eigenvalue weighted by atomic mass is 10.1. The van der Waals surface area contributed by atoms with E-state index in [0.717, 1.165) is 17.1 Å². The summed E-state index contributed by atoms with van der Waals surface area (Å²) in [5, 5.41) is 8.66. The van der Waals surface area contributed by atoms with E-state index >= 15 is 0 Å². The molecule has 0 aliphatic carbocycles. The topological polar surface area (TPSA) is 51.5 Å².